The molecule has 0 aromatic heterocycles. The van der Waals surface area contributed by atoms with Crippen LogP contribution in [0.1, 0.15) is 61.8 Å². The summed E-state index contributed by atoms with van der Waals surface area (Å²) in [6, 6.07) is 15.2. The average molecular weight is 972 g/mol. The van der Waals surface area contributed by atoms with E-state index in [0.717, 1.165) is 35.6 Å². The highest BCUT2D eigenvalue weighted by atomic mass is 35.6. The van der Waals surface area contributed by atoms with Gasteiger partial charge in [-0.3, -0.25) is 20.1 Å². The van der Waals surface area contributed by atoms with E-state index in [1.54, 1.807) is 0 Å². The molecule has 3 amide bonds. The summed E-state index contributed by atoms with van der Waals surface area (Å²) in [5, 5.41) is 16.9. The first kappa shape index (κ1) is 50.1. The molecule has 3 aromatic carbocycles. The molecule has 2 unspecified atom stereocenters. The standard InChI is InChI=1S/C45H52Cl3F3N4O10/c1-28-6-8-30(9-7-28)18-19-53(32-14-15-32)41(56)38-34(31-12-10-29(11-13-31)5-4-20-62-40-36(50)17-16-35(49)39(40)51)25-33-26-52(42(57)63-23-21-61-22-24-64-55(59)60)27-37(38)54(33)43(58)65-44(2,3)45(46,47)48/h6-13,16-17,32-33,37,59-60H,4-5,14-15,18-27H2,1-3H3. The molecule has 2 atom stereocenters. The topological polar surface area (TPSA) is 151 Å². The Morgan fingerprint density at radius 1 is 0.815 bits per heavy atom. The molecule has 20 heteroatoms. The summed E-state index contributed by atoms with van der Waals surface area (Å²) in [6.45, 7) is 4.67. The predicted molar refractivity (Wildman–Crippen MR) is 233 cm³/mol. The van der Waals surface area contributed by atoms with Gasteiger partial charge in [0.2, 0.25) is 9.61 Å². The van der Waals surface area contributed by atoms with Crippen molar-refractivity contribution in [3.63, 3.8) is 0 Å². The van der Waals surface area contributed by atoms with Crippen LogP contribution in [0.4, 0.5) is 22.8 Å². The molecule has 354 valence electrons. The highest BCUT2D eigenvalue weighted by Crippen LogP contribution is 2.44. The minimum Gasteiger partial charge on any atom is -0.488 e. The quantitative estimate of drug-likeness (QED) is 0.0515. The number of nitrogens with zero attached hydrogens (tertiary/aromatic N) is 4. The number of halogens is 6. The van der Waals surface area contributed by atoms with Gasteiger partial charge in [-0.1, -0.05) is 88.9 Å². The Bertz CT molecular complexity index is 2180. The summed E-state index contributed by atoms with van der Waals surface area (Å²) in [5.41, 5.74) is 3.08. The number of rotatable bonds is 19. The molecular formula is C45H52Cl3F3N4O10. The van der Waals surface area contributed by atoms with E-state index < -0.39 is 62.3 Å². The first-order chi connectivity index (χ1) is 30.8. The smallest absolute Gasteiger partial charge is 0.411 e. The molecule has 1 saturated heterocycles. The number of carbonyl (C=O) groups excluding carboxylic acids is 3. The molecule has 14 nitrogen and oxygen atoms in total. The van der Waals surface area contributed by atoms with E-state index in [1.165, 1.54) is 23.6 Å². The van der Waals surface area contributed by atoms with Gasteiger partial charge in [-0.05, 0) is 93.7 Å². The number of carbonyl (C=O) groups is 3. The van der Waals surface area contributed by atoms with Gasteiger partial charge in [-0.2, -0.15) is 4.39 Å². The Hall–Kier alpha value is -4.33. The van der Waals surface area contributed by atoms with Crippen LogP contribution in [0.25, 0.3) is 5.57 Å². The van der Waals surface area contributed by atoms with Crippen LogP contribution in [0.3, 0.4) is 0 Å². The second-order valence-electron chi connectivity index (χ2n) is 16.6. The molecule has 0 radical (unpaired) electrons. The summed E-state index contributed by atoms with van der Waals surface area (Å²) in [6.07, 6.45) is 1.52. The average Bonchev–Trinajstić information content (AvgIpc) is 4.09. The van der Waals surface area contributed by atoms with E-state index in [4.69, 9.17) is 64.2 Å². The molecule has 6 rings (SSSR count). The van der Waals surface area contributed by atoms with E-state index >= 15 is 4.79 Å². The molecule has 3 aliphatic rings. The minimum atomic E-state index is -2.02. The maximum Gasteiger partial charge on any atom is 0.411 e. The first-order valence-corrected chi connectivity index (χ1v) is 22.3. The van der Waals surface area contributed by atoms with Crippen LogP contribution in [0, 0.1) is 24.4 Å². The zero-order chi connectivity index (χ0) is 47.1. The van der Waals surface area contributed by atoms with Crippen LogP contribution in [-0.2, 0) is 36.7 Å². The van der Waals surface area contributed by atoms with Crippen molar-refractivity contribution < 1.29 is 61.8 Å². The molecule has 2 heterocycles. The number of amides is 3. The highest BCUT2D eigenvalue weighted by molar-refractivity contribution is 6.68. The molecule has 2 bridgehead atoms. The van der Waals surface area contributed by atoms with Crippen molar-refractivity contribution in [1.82, 2.24) is 20.1 Å². The van der Waals surface area contributed by atoms with Crippen LogP contribution in [0.2, 0.25) is 0 Å². The van der Waals surface area contributed by atoms with Gasteiger partial charge in [0.1, 0.15) is 6.61 Å². The Balaban J connectivity index is 1.30. The lowest BCUT2D eigenvalue weighted by Gasteiger charge is -2.51. The Morgan fingerprint density at radius 3 is 2.12 bits per heavy atom. The Kier molecular flexibility index (Phi) is 16.9. The third-order valence-corrected chi connectivity index (χ3v) is 12.8. The summed E-state index contributed by atoms with van der Waals surface area (Å²) in [7, 11) is 0. The maximum atomic E-state index is 15.3. The van der Waals surface area contributed by atoms with Gasteiger partial charge in [0.15, 0.2) is 23.0 Å². The van der Waals surface area contributed by atoms with Crippen LogP contribution < -0.4 is 4.74 Å². The molecule has 2 aliphatic heterocycles. The van der Waals surface area contributed by atoms with E-state index in [9.17, 15) is 22.8 Å². The molecular weight excluding hydrogens is 920 g/mol. The van der Waals surface area contributed by atoms with Gasteiger partial charge in [-0.25, -0.2) is 23.2 Å². The lowest BCUT2D eigenvalue weighted by atomic mass is 9.81. The van der Waals surface area contributed by atoms with E-state index in [-0.39, 0.29) is 64.5 Å². The molecule has 0 spiro atoms. The SMILES string of the molecule is Cc1ccc(CCN(C(=O)C2=C(c3ccc(CCCOc4c(F)ccc(F)c4F)cc3)CC3CN(C(=O)OCCOCCON(O)O)CC2N3C(=O)OC(C)(C)C(Cl)(Cl)Cl)C2CC2)cc1. The maximum absolute atomic E-state index is 15.3. The molecule has 65 heavy (non-hydrogen) atoms. The number of hydrogen-bond donors (Lipinski definition) is 2. The lowest BCUT2D eigenvalue weighted by Crippen LogP contribution is -2.66. The number of ether oxygens (including phenoxy) is 4. The fourth-order valence-electron chi connectivity index (χ4n) is 7.73. The Morgan fingerprint density at radius 2 is 1.46 bits per heavy atom. The summed E-state index contributed by atoms with van der Waals surface area (Å²) in [5.74, 6) is -4.69. The zero-order valence-corrected chi connectivity index (χ0v) is 38.4. The van der Waals surface area contributed by atoms with Gasteiger partial charge in [0.05, 0.1) is 43.9 Å². The van der Waals surface area contributed by atoms with Crippen LogP contribution >= 0.6 is 34.8 Å². The van der Waals surface area contributed by atoms with Gasteiger partial charge < -0.3 is 28.7 Å². The number of benzene rings is 3. The minimum absolute atomic E-state index is 0.00845. The van der Waals surface area contributed by atoms with Crippen molar-refractivity contribution in [3.8, 4) is 5.75 Å². The monoisotopic (exact) mass is 970 g/mol. The van der Waals surface area contributed by atoms with E-state index in [2.05, 4.69) is 4.84 Å². The first-order valence-electron chi connectivity index (χ1n) is 21.2. The molecule has 2 N–H and O–H groups in total. The van der Waals surface area contributed by atoms with Gasteiger partial charge >= 0.3 is 12.2 Å². The number of hydrogen-bond acceptors (Lipinski definition) is 11. The number of fused-ring (bicyclic) bond motifs is 2. The number of piperazine rings is 1. The Labute approximate surface area is 390 Å². The highest BCUT2D eigenvalue weighted by Gasteiger charge is 2.52. The fraction of sp³-hybridized carbons (Fsp3) is 0.489. The largest absolute Gasteiger partial charge is 0.488 e. The summed E-state index contributed by atoms with van der Waals surface area (Å²) < 4.78 is 61.9. The summed E-state index contributed by atoms with van der Waals surface area (Å²) in [4.78, 5) is 52.6. The van der Waals surface area contributed by atoms with Crippen molar-refractivity contribution in [3.05, 3.63) is 106 Å². The molecule has 1 aliphatic carbocycles. The van der Waals surface area contributed by atoms with Crippen molar-refractivity contribution in [2.75, 3.05) is 52.7 Å². The summed E-state index contributed by atoms with van der Waals surface area (Å²) >= 11 is 18.8. The lowest BCUT2D eigenvalue weighted by molar-refractivity contribution is -0.493. The molecule has 3 aromatic rings. The van der Waals surface area contributed by atoms with Gasteiger partial charge in [-0.15, -0.1) is 0 Å². The second-order valence-corrected chi connectivity index (χ2v) is 18.8. The molecule has 2 fully saturated rings. The van der Waals surface area contributed by atoms with E-state index in [0.29, 0.717) is 48.6 Å². The number of aryl methyl sites for hydroxylation is 2. The van der Waals surface area contributed by atoms with Crippen LogP contribution in [0.5, 0.6) is 5.75 Å². The van der Waals surface area contributed by atoms with Gasteiger partial charge in [0.25, 0.3) is 5.91 Å². The third kappa shape index (κ3) is 13.0. The fourth-order valence-corrected chi connectivity index (χ4v) is 7.84. The predicted octanol–water partition coefficient (Wildman–Crippen LogP) is 8.62. The van der Waals surface area contributed by atoms with Gasteiger partial charge in [0, 0.05) is 31.2 Å². The zero-order valence-electron chi connectivity index (χ0n) is 36.1. The third-order valence-electron chi connectivity index (χ3n) is 11.4. The normalized spacial score (nSPS) is 17.7. The number of alkyl halides is 3. The van der Waals surface area contributed by atoms with Crippen molar-refractivity contribution in [1.29, 1.82) is 0 Å². The van der Waals surface area contributed by atoms with Crippen molar-refractivity contribution in [2.24, 2.45) is 0 Å². The van der Waals surface area contributed by atoms with Crippen molar-refractivity contribution >= 4 is 58.5 Å². The molecule has 1 saturated carbocycles. The van der Waals surface area contributed by atoms with Crippen molar-refractivity contribution in [2.45, 2.75) is 86.8 Å². The van der Waals surface area contributed by atoms with Crippen LogP contribution in [-0.4, -0.2) is 129 Å². The van der Waals surface area contributed by atoms with E-state index in [1.807, 2.05) is 60.4 Å². The second kappa shape index (κ2) is 22.0. The van der Waals surface area contributed by atoms with Crippen LogP contribution in [0.15, 0.2) is 66.2 Å².